The number of fused-ring (bicyclic) bond motifs is 1. The molecule has 2 aromatic rings. The molecule has 0 saturated heterocycles. The van der Waals surface area contributed by atoms with Gasteiger partial charge in [0.15, 0.2) is 0 Å². The number of aryl methyl sites for hydroxylation is 2. The summed E-state index contributed by atoms with van der Waals surface area (Å²) in [7, 11) is 1.42. The third kappa shape index (κ3) is 3.16. The predicted molar refractivity (Wildman–Crippen MR) is 83.7 cm³/mol. The summed E-state index contributed by atoms with van der Waals surface area (Å²) < 4.78 is 4.68. The summed E-state index contributed by atoms with van der Waals surface area (Å²) >= 11 is 1.72. The lowest BCUT2D eigenvalue weighted by Crippen LogP contribution is -2.10. The zero-order valence-corrected chi connectivity index (χ0v) is 13.0. The molecule has 4 heteroatoms. The summed E-state index contributed by atoms with van der Waals surface area (Å²) in [5, 5.41) is 3.26. The van der Waals surface area contributed by atoms with Crippen LogP contribution in [-0.2, 0) is 22.4 Å². The molecule has 1 unspecified atom stereocenters. The Morgan fingerprint density at radius 2 is 2.29 bits per heavy atom. The molecule has 0 aliphatic heterocycles. The number of aromatic nitrogens is 1. The zero-order chi connectivity index (χ0) is 14.7. The number of nitrogens with zero attached hydrogens (tertiary/aromatic N) is 1. The summed E-state index contributed by atoms with van der Waals surface area (Å²) in [5.74, 6) is 0.249. The lowest BCUT2D eigenvalue weighted by atomic mass is 9.83. The molecule has 1 aromatic carbocycles. The number of carbonyl (C=O) groups excluding carboxylic acids is 1. The molecule has 0 amide bonds. The average molecular weight is 301 g/mol. The highest BCUT2D eigenvalue weighted by atomic mass is 32.1. The molecule has 0 radical (unpaired) electrons. The Morgan fingerprint density at radius 1 is 1.43 bits per heavy atom. The number of thiazole rings is 1. The van der Waals surface area contributed by atoms with Crippen LogP contribution in [0.5, 0.6) is 0 Å². The van der Waals surface area contributed by atoms with Gasteiger partial charge in [0.05, 0.1) is 19.2 Å². The SMILES string of the molecule is COC(=O)CCc1csc(C2CCCc3ccccc32)n1. The highest BCUT2D eigenvalue weighted by molar-refractivity contribution is 7.09. The van der Waals surface area contributed by atoms with Crippen molar-refractivity contribution in [1.29, 1.82) is 0 Å². The van der Waals surface area contributed by atoms with Gasteiger partial charge in [-0.1, -0.05) is 24.3 Å². The van der Waals surface area contributed by atoms with Crippen LogP contribution in [0, 0.1) is 0 Å². The van der Waals surface area contributed by atoms with Crippen molar-refractivity contribution in [2.75, 3.05) is 7.11 Å². The Balaban J connectivity index is 1.76. The van der Waals surface area contributed by atoms with Gasteiger partial charge in [-0.25, -0.2) is 4.98 Å². The topological polar surface area (TPSA) is 39.2 Å². The molecule has 0 saturated carbocycles. The van der Waals surface area contributed by atoms with Crippen LogP contribution in [0.3, 0.4) is 0 Å². The van der Waals surface area contributed by atoms with Crippen molar-refractivity contribution in [3.8, 4) is 0 Å². The smallest absolute Gasteiger partial charge is 0.305 e. The van der Waals surface area contributed by atoms with E-state index < -0.39 is 0 Å². The molecule has 0 fully saturated rings. The van der Waals surface area contributed by atoms with Crippen molar-refractivity contribution in [3.05, 3.63) is 51.5 Å². The van der Waals surface area contributed by atoms with Crippen molar-refractivity contribution in [2.45, 2.75) is 38.0 Å². The number of ether oxygens (including phenoxy) is 1. The van der Waals surface area contributed by atoms with Crippen LogP contribution in [0.1, 0.15) is 47.0 Å². The Bertz CT molecular complexity index is 635. The molecule has 110 valence electrons. The molecule has 0 bridgehead atoms. The van der Waals surface area contributed by atoms with Crippen molar-refractivity contribution < 1.29 is 9.53 Å². The van der Waals surface area contributed by atoms with Crippen LogP contribution >= 0.6 is 11.3 Å². The Morgan fingerprint density at radius 3 is 3.14 bits per heavy atom. The van der Waals surface area contributed by atoms with Gasteiger partial charge in [-0.3, -0.25) is 4.79 Å². The van der Waals surface area contributed by atoms with E-state index >= 15 is 0 Å². The van der Waals surface area contributed by atoms with Crippen molar-refractivity contribution in [3.63, 3.8) is 0 Å². The minimum Gasteiger partial charge on any atom is -0.469 e. The molecule has 1 aromatic heterocycles. The van der Waals surface area contributed by atoms with Gasteiger partial charge in [-0.05, 0) is 30.4 Å². The maximum atomic E-state index is 11.2. The number of hydrogen-bond acceptors (Lipinski definition) is 4. The molecule has 1 aliphatic carbocycles. The molecule has 1 atom stereocenters. The highest BCUT2D eigenvalue weighted by Gasteiger charge is 2.23. The summed E-state index contributed by atoms with van der Waals surface area (Å²) in [5.41, 5.74) is 3.89. The summed E-state index contributed by atoms with van der Waals surface area (Å²) in [6.07, 6.45) is 4.63. The maximum Gasteiger partial charge on any atom is 0.305 e. The van der Waals surface area contributed by atoms with E-state index in [1.807, 2.05) is 0 Å². The molecular formula is C17H19NO2S. The first-order valence-electron chi connectivity index (χ1n) is 7.37. The fraction of sp³-hybridized carbons (Fsp3) is 0.412. The van der Waals surface area contributed by atoms with Crippen LogP contribution in [0.15, 0.2) is 29.6 Å². The normalized spacial score (nSPS) is 17.3. The van der Waals surface area contributed by atoms with Gasteiger partial charge >= 0.3 is 5.97 Å². The Labute approximate surface area is 129 Å². The van der Waals surface area contributed by atoms with Crippen LogP contribution < -0.4 is 0 Å². The van der Waals surface area contributed by atoms with Gasteiger partial charge < -0.3 is 4.74 Å². The summed E-state index contributed by atoms with van der Waals surface area (Å²) in [4.78, 5) is 16.0. The third-order valence-electron chi connectivity index (χ3n) is 4.05. The van der Waals surface area contributed by atoms with Gasteiger partial charge in [0, 0.05) is 17.7 Å². The minimum atomic E-state index is -0.174. The number of hydrogen-bond donors (Lipinski definition) is 0. The third-order valence-corrected chi connectivity index (χ3v) is 5.06. The van der Waals surface area contributed by atoms with Crippen LogP contribution in [0.25, 0.3) is 0 Å². The molecule has 1 heterocycles. The van der Waals surface area contributed by atoms with Crippen LogP contribution in [0.4, 0.5) is 0 Å². The van der Waals surface area contributed by atoms with E-state index in [9.17, 15) is 4.79 Å². The van der Waals surface area contributed by atoms with E-state index in [-0.39, 0.29) is 5.97 Å². The summed E-state index contributed by atoms with van der Waals surface area (Å²) in [6.45, 7) is 0. The van der Waals surface area contributed by atoms with Gasteiger partial charge in [0.25, 0.3) is 0 Å². The van der Waals surface area contributed by atoms with Crippen LogP contribution in [-0.4, -0.2) is 18.1 Å². The largest absolute Gasteiger partial charge is 0.469 e. The second kappa shape index (κ2) is 6.39. The van der Waals surface area contributed by atoms with Crippen molar-refractivity contribution in [2.24, 2.45) is 0 Å². The molecule has 3 rings (SSSR count). The first kappa shape index (κ1) is 14.3. The molecule has 3 nitrogen and oxygen atoms in total. The van der Waals surface area contributed by atoms with E-state index in [2.05, 4.69) is 34.4 Å². The maximum absolute atomic E-state index is 11.2. The first-order valence-corrected chi connectivity index (χ1v) is 8.25. The zero-order valence-electron chi connectivity index (χ0n) is 12.2. The van der Waals surface area contributed by atoms with E-state index in [0.717, 1.165) is 5.69 Å². The van der Waals surface area contributed by atoms with Gasteiger partial charge in [-0.2, -0.15) is 0 Å². The highest BCUT2D eigenvalue weighted by Crippen LogP contribution is 2.37. The second-order valence-electron chi connectivity index (χ2n) is 5.40. The fourth-order valence-electron chi connectivity index (χ4n) is 2.94. The second-order valence-corrected chi connectivity index (χ2v) is 6.29. The van der Waals surface area contributed by atoms with E-state index in [1.54, 1.807) is 11.3 Å². The molecule has 1 aliphatic rings. The van der Waals surface area contributed by atoms with Gasteiger partial charge in [0.1, 0.15) is 5.01 Å². The number of methoxy groups -OCH3 is 1. The van der Waals surface area contributed by atoms with Crippen molar-refractivity contribution >= 4 is 17.3 Å². The molecule has 21 heavy (non-hydrogen) atoms. The lowest BCUT2D eigenvalue weighted by Gasteiger charge is -2.23. The molecule has 0 spiro atoms. The van der Waals surface area contributed by atoms with Gasteiger partial charge in [0.2, 0.25) is 0 Å². The lowest BCUT2D eigenvalue weighted by molar-refractivity contribution is -0.140. The molecule has 0 N–H and O–H groups in total. The standard InChI is InChI=1S/C17H19NO2S/c1-20-16(19)10-9-13-11-21-17(18-13)15-8-4-6-12-5-2-3-7-14(12)15/h2-3,5,7,11,15H,4,6,8-10H2,1H3. The minimum absolute atomic E-state index is 0.174. The average Bonchev–Trinajstić information content (AvgIpc) is 3.00. The number of esters is 1. The predicted octanol–water partition coefficient (Wildman–Crippen LogP) is 3.72. The number of rotatable bonds is 4. The summed E-state index contributed by atoms with van der Waals surface area (Å²) in [6, 6.07) is 8.69. The van der Waals surface area contributed by atoms with E-state index in [0.29, 0.717) is 18.8 Å². The van der Waals surface area contributed by atoms with E-state index in [1.165, 1.54) is 42.5 Å². The van der Waals surface area contributed by atoms with E-state index in [4.69, 9.17) is 4.98 Å². The fourth-order valence-corrected chi connectivity index (χ4v) is 3.95. The number of carbonyl (C=O) groups is 1. The van der Waals surface area contributed by atoms with Crippen molar-refractivity contribution in [1.82, 2.24) is 4.98 Å². The number of benzene rings is 1. The quantitative estimate of drug-likeness (QED) is 0.808. The Hall–Kier alpha value is -1.68. The molecular weight excluding hydrogens is 282 g/mol. The Kier molecular flexibility index (Phi) is 4.34. The monoisotopic (exact) mass is 301 g/mol. The van der Waals surface area contributed by atoms with Gasteiger partial charge in [-0.15, -0.1) is 11.3 Å². The first-order chi connectivity index (χ1) is 10.3. The van der Waals surface area contributed by atoms with Crippen LogP contribution in [0.2, 0.25) is 0 Å².